The maximum Gasteiger partial charge on any atom is 0.159 e. The van der Waals surface area contributed by atoms with Crippen molar-refractivity contribution in [1.82, 2.24) is 10.2 Å². The first-order chi connectivity index (χ1) is 8.20. The molecule has 1 unspecified atom stereocenters. The molecule has 4 nitrogen and oxygen atoms in total. The maximum absolute atomic E-state index is 5.67. The first-order valence-corrected chi connectivity index (χ1v) is 6.49. The lowest BCUT2D eigenvalue weighted by Crippen LogP contribution is -2.23. The maximum atomic E-state index is 5.67. The van der Waals surface area contributed by atoms with Gasteiger partial charge in [0.1, 0.15) is 4.99 Å². The van der Waals surface area contributed by atoms with Crippen LogP contribution >= 0.6 is 12.2 Å². The molecule has 17 heavy (non-hydrogen) atoms. The topological polar surface area (TPSA) is 63.8 Å². The monoisotopic (exact) mass is 250 g/mol. The third-order valence-corrected chi connectivity index (χ3v) is 3.35. The quantitative estimate of drug-likeness (QED) is 0.757. The fourth-order valence-electron chi connectivity index (χ4n) is 1.91. The van der Waals surface area contributed by atoms with Crippen molar-refractivity contribution in [2.75, 3.05) is 5.32 Å². The summed E-state index contributed by atoms with van der Waals surface area (Å²) in [5.41, 5.74) is 6.45. The first-order valence-electron chi connectivity index (χ1n) is 6.08. The molecule has 5 heteroatoms. The van der Waals surface area contributed by atoms with Crippen molar-refractivity contribution in [3.8, 4) is 0 Å². The lowest BCUT2D eigenvalue weighted by atomic mass is 10.1. The molecule has 92 valence electrons. The van der Waals surface area contributed by atoms with Crippen molar-refractivity contribution in [2.24, 2.45) is 11.7 Å². The van der Waals surface area contributed by atoms with Crippen LogP contribution in [0.25, 0.3) is 0 Å². The van der Waals surface area contributed by atoms with E-state index in [0.717, 1.165) is 17.9 Å². The number of rotatable bonds is 6. The Bertz CT molecular complexity index is 403. The summed E-state index contributed by atoms with van der Waals surface area (Å²) in [5.74, 6) is 1.60. The summed E-state index contributed by atoms with van der Waals surface area (Å²) in [6.07, 6.45) is 6.61. The summed E-state index contributed by atoms with van der Waals surface area (Å²) < 4.78 is 0. The molecule has 1 fully saturated rings. The summed E-state index contributed by atoms with van der Waals surface area (Å²) in [4.78, 5) is 0.365. The summed E-state index contributed by atoms with van der Waals surface area (Å²) in [6, 6.07) is 2.24. The number of anilines is 1. The van der Waals surface area contributed by atoms with Gasteiger partial charge < -0.3 is 11.1 Å². The minimum Gasteiger partial charge on any atom is -0.389 e. The average molecular weight is 250 g/mol. The van der Waals surface area contributed by atoms with E-state index in [9.17, 15) is 0 Å². The molecule has 2 rings (SSSR count). The molecule has 1 atom stereocenters. The predicted octanol–water partition coefficient (Wildman–Crippen LogP) is 2.10. The van der Waals surface area contributed by atoms with Crippen molar-refractivity contribution in [2.45, 2.75) is 38.6 Å². The lowest BCUT2D eigenvalue weighted by Gasteiger charge is -2.18. The van der Waals surface area contributed by atoms with E-state index in [2.05, 4.69) is 22.4 Å². The van der Waals surface area contributed by atoms with Crippen LogP contribution in [0.5, 0.6) is 0 Å². The highest BCUT2D eigenvalue weighted by Crippen LogP contribution is 2.34. The van der Waals surface area contributed by atoms with E-state index in [-0.39, 0.29) is 0 Å². The molecule has 0 aliphatic heterocycles. The van der Waals surface area contributed by atoms with Crippen LogP contribution in [0, 0.1) is 5.92 Å². The van der Waals surface area contributed by atoms with Gasteiger partial charge in [0.2, 0.25) is 0 Å². The number of aromatic nitrogens is 2. The molecule has 1 aromatic heterocycles. The van der Waals surface area contributed by atoms with Gasteiger partial charge in [0.15, 0.2) is 5.82 Å². The molecule has 0 aromatic carbocycles. The summed E-state index contributed by atoms with van der Waals surface area (Å²) in [6.45, 7) is 2.18. The number of nitrogens with zero attached hydrogens (tertiary/aromatic N) is 2. The largest absolute Gasteiger partial charge is 0.389 e. The molecule has 1 saturated carbocycles. The van der Waals surface area contributed by atoms with Gasteiger partial charge in [-0.05, 0) is 24.8 Å². The standard InChI is InChI=1S/C12H18N4S/c1-2-9(7-8-3-4-8)15-12-10(11(13)17)5-6-14-16-12/h5-6,8-9H,2-4,7H2,1H3,(H2,13,17)(H,15,16). The van der Waals surface area contributed by atoms with E-state index in [4.69, 9.17) is 18.0 Å². The second-order valence-electron chi connectivity index (χ2n) is 4.59. The van der Waals surface area contributed by atoms with Crippen LogP contribution in [-0.2, 0) is 0 Å². The highest BCUT2D eigenvalue weighted by Gasteiger charge is 2.25. The fraction of sp³-hybridized carbons (Fsp3) is 0.583. The molecule has 1 aliphatic rings. The molecular weight excluding hydrogens is 232 g/mol. The van der Waals surface area contributed by atoms with Crippen LogP contribution in [-0.4, -0.2) is 21.2 Å². The third kappa shape index (κ3) is 3.36. The van der Waals surface area contributed by atoms with Crippen LogP contribution in [0.1, 0.15) is 38.2 Å². The van der Waals surface area contributed by atoms with E-state index in [1.165, 1.54) is 19.3 Å². The Hall–Kier alpha value is -1.23. The molecule has 3 N–H and O–H groups in total. The van der Waals surface area contributed by atoms with Crippen molar-refractivity contribution in [1.29, 1.82) is 0 Å². The number of hydrogen-bond donors (Lipinski definition) is 2. The van der Waals surface area contributed by atoms with Crippen molar-refractivity contribution in [3.05, 3.63) is 17.8 Å². The average Bonchev–Trinajstić information content (AvgIpc) is 3.12. The highest BCUT2D eigenvalue weighted by atomic mass is 32.1. The highest BCUT2D eigenvalue weighted by molar-refractivity contribution is 7.80. The minimum atomic E-state index is 0.365. The summed E-state index contributed by atoms with van der Waals surface area (Å²) in [7, 11) is 0. The second kappa shape index (κ2) is 5.40. The van der Waals surface area contributed by atoms with Gasteiger partial charge >= 0.3 is 0 Å². The Labute approximate surface area is 107 Å². The van der Waals surface area contributed by atoms with Crippen LogP contribution in [0.4, 0.5) is 5.82 Å². The zero-order chi connectivity index (χ0) is 12.3. The van der Waals surface area contributed by atoms with Gasteiger partial charge in [0, 0.05) is 6.04 Å². The normalized spacial score (nSPS) is 16.5. The van der Waals surface area contributed by atoms with Crippen LogP contribution in [0.2, 0.25) is 0 Å². The van der Waals surface area contributed by atoms with Crippen LogP contribution in [0.3, 0.4) is 0 Å². The van der Waals surface area contributed by atoms with Gasteiger partial charge in [0.25, 0.3) is 0 Å². The number of nitrogens with one attached hydrogen (secondary N) is 1. The molecule has 0 saturated heterocycles. The molecule has 0 spiro atoms. The predicted molar refractivity (Wildman–Crippen MR) is 73.0 cm³/mol. The van der Waals surface area contributed by atoms with Gasteiger partial charge in [0.05, 0.1) is 11.8 Å². The minimum absolute atomic E-state index is 0.365. The van der Waals surface area contributed by atoms with E-state index in [1.54, 1.807) is 6.20 Å². The lowest BCUT2D eigenvalue weighted by molar-refractivity contribution is 0.584. The van der Waals surface area contributed by atoms with Gasteiger partial charge in [-0.15, -0.1) is 5.10 Å². The second-order valence-corrected chi connectivity index (χ2v) is 5.03. The molecule has 1 aliphatic carbocycles. The van der Waals surface area contributed by atoms with Crippen LogP contribution in [0.15, 0.2) is 12.3 Å². The van der Waals surface area contributed by atoms with Gasteiger partial charge in [-0.1, -0.05) is 32.0 Å². The Balaban J connectivity index is 2.07. The molecular formula is C12H18N4S. The van der Waals surface area contributed by atoms with E-state index >= 15 is 0 Å². The molecule has 0 bridgehead atoms. The van der Waals surface area contributed by atoms with Crippen LogP contribution < -0.4 is 11.1 Å². The number of thiocarbonyl (C=S) groups is 1. The van der Waals surface area contributed by atoms with E-state index in [0.29, 0.717) is 16.8 Å². The Morgan fingerprint density at radius 3 is 3.00 bits per heavy atom. The Morgan fingerprint density at radius 1 is 1.65 bits per heavy atom. The zero-order valence-electron chi connectivity index (χ0n) is 10.0. The van der Waals surface area contributed by atoms with Gasteiger partial charge in [-0.25, -0.2) is 0 Å². The summed E-state index contributed by atoms with van der Waals surface area (Å²) in [5, 5.41) is 11.4. The van der Waals surface area contributed by atoms with E-state index < -0.39 is 0 Å². The SMILES string of the molecule is CCC(CC1CC1)Nc1nnccc1C(N)=S. The van der Waals surface area contributed by atoms with Crippen molar-refractivity contribution >= 4 is 23.0 Å². The fourth-order valence-corrected chi connectivity index (χ4v) is 2.08. The number of hydrogen-bond acceptors (Lipinski definition) is 4. The number of nitrogens with two attached hydrogens (primary N) is 1. The Morgan fingerprint density at radius 2 is 2.41 bits per heavy atom. The molecule has 1 heterocycles. The van der Waals surface area contributed by atoms with Crippen molar-refractivity contribution in [3.63, 3.8) is 0 Å². The van der Waals surface area contributed by atoms with Crippen molar-refractivity contribution < 1.29 is 0 Å². The summed E-state index contributed by atoms with van der Waals surface area (Å²) >= 11 is 5.01. The van der Waals surface area contributed by atoms with Gasteiger partial charge in [-0.3, -0.25) is 0 Å². The first kappa shape index (κ1) is 12.2. The van der Waals surface area contributed by atoms with Gasteiger partial charge in [-0.2, -0.15) is 5.10 Å². The molecule has 0 amide bonds. The third-order valence-electron chi connectivity index (χ3n) is 3.13. The Kier molecular flexibility index (Phi) is 3.89. The zero-order valence-corrected chi connectivity index (χ0v) is 10.8. The van der Waals surface area contributed by atoms with E-state index in [1.807, 2.05) is 6.07 Å². The molecule has 0 radical (unpaired) electrons. The molecule has 1 aromatic rings. The smallest absolute Gasteiger partial charge is 0.159 e.